The van der Waals surface area contributed by atoms with Crippen LogP contribution in [0.4, 0.5) is 4.39 Å². The van der Waals surface area contributed by atoms with Crippen LogP contribution in [-0.2, 0) is 10.0 Å². The van der Waals surface area contributed by atoms with Crippen molar-refractivity contribution < 1.29 is 12.8 Å². The molecule has 1 aromatic carbocycles. The summed E-state index contributed by atoms with van der Waals surface area (Å²) in [4.78, 5) is -0.378. The molecule has 2 N–H and O–H groups in total. The molecule has 1 aliphatic heterocycles. The topological polar surface area (TPSA) is 63.4 Å². The molecule has 0 saturated carbocycles. The highest BCUT2D eigenvalue weighted by atomic mass is 35.5. The first-order valence-corrected chi connectivity index (χ1v) is 8.17. The number of nitrogens with zero attached hydrogens (tertiary/aromatic N) is 1. The van der Waals surface area contributed by atoms with Gasteiger partial charge in [-0.2, -0.15) is 4.31 Å². The van der Waals surface area contributed by atoms with E-state index in [0.717, 1.165) is 12.1 Å². The van der Waals surface area contributed by atoms with E-state index in [-0.39, 0.29) is 27.9 Å². The van der Waals surface area contributed by atoms with Gasteiger partial charge in [-0.25, -0.2) is 12.8 Å². The van der Waals surface area contributed by atoms with Crippen molar-refractivity contribution in [2.24, 2.45) is 11.1 Å². The average molecular weight is 321 g/mol. The minimum Gasteiger partial charge on any atom is -0.327 e. The van der Waals surface area contributed by atoms with Crippen molar-refractivity contribution in [1.29, 1.82) is 0 Å². The Bertz CT molecular complexity index is 619. The van der Waals surface area contributed by atoms with Crippen LogP contribution in [0.3, 0.4) is 0 Å². The SMILES string of the molecule is CC1(C)CN(S(=O)(=O)c2cc(Cl)ccc2F)CCC1N. The van der Waals surface area contributed by atoms with Gasteiger partial charge < -0.3 is 5.73 Å². The maximum atomic E-state index is 13.8. The summed E-state index contributed by atoms with van der Waals surface area (Å²) >= 11 is 5.77. The Kier molecular flexibility index (Phi) is 4.12. The fourth-order valence-electron chi connectivity index (χ4n) is 2.34. The summed E-state index contributed by atoms with van der Waals surface area (Å²) in [6.07, 6.45) is 0.550. The third-order valence-electron chi connectivity index (χ3n) is 3.79. The molecule has 1 aromatic rings. The quantitative estimate of drug-likeness (QED) is 0.909. The molecule has 2 rings (SSSR count). The van der Waals surface area contributed by atoms with E-state index in [0.29, 0.717) is 13.0 Å². The highest BCUT2D eigenvalue weighted by molar-refractivity contribution is 7.89. The Morgan fingerprint density at radius 3 is 2.70 bits per heavy atom. The highest BCUT2D eigenvalue weighted by Crippen LogP contribution is 2.32. The van der Waals surface area contributed by atoms with E-state index in [2.05, 4.69) is 0 Å². The zero-order valence-electron chi connectivity index (χ0n) is 11.4. The van der Waals surface area contributed by atoms with Gasteiger partial charge in [0.05, 0.1) is 0 Å². The van der Waals surface area contributed by atoms with E-state index in [1.807, 2.05) is 13.8 Å². The number of sulfonamides is 1. The Morgan fingerprint density at radius 1 is 1.45 bits per heavy atom. The maximum Gasteiger partial charge on any atom is 0.246 e. The van der Waals surface area contributed by atoms with Gasteiger partial charge in [-0.3, -0.25) is 0 Å². The molecule has 0 radical (unpaired) electrons. The van der Waals surface area contributed by atoms with Gasteiger partial charge >= 0.3 is 0 Å². The number of hydrogen-bond donors (Lipinski definition) is 1. The number of piperidine rings is 1. The van der Waals surface area contributed by atoms with Crippen molar-refractivity contribution in [2.75, 3.05) is 13.1 Å². The maximum absolute atomic E-state index is 13.8. The van der Waals surface area contributed by atoms with Gasteiger partial charge in [0.2, 0.25) is 10.0 Å². The van der Waals surface area contributed by atoms with Gasteiger partial charge in [0.1, 0.15) is 10.7 Å². The summed E-state index contributed by atoms with van der Waals surface area (Å²) < 4.78 is 40.2. The highest BCUT2D eigenvalue weighted by Gasteiger charge is 2.39. The van der Waals surface area contributed by atoms with Crippen LogP contribution in [0.2, 0.25) is 5.02 Å². The zero-order valence-corrected chi connectivity index (χ0v) is 13.0. The molecule has 1 heterocycles. The average Bonchev–Trinajstić information content (AvgIpc) is 2.35. The Labute approximate surface area is 123 Å². The van der Waals surface area contributed by atoms with Crippen LogP contribution in [0.25, 0.3) is 0 Å². The Morgan fingerprint density at radius 2 is 2.10 bits per heavy atom. The van der Waals surface area contributed by atoms with E-state index in [1.165, 1.54) is 10.4 Å². The number of benzene rings is 1. The van der Waals surface area contributed by atoms with Crippen LogP contribution in [-0.4, -0.2) is 31.9 Å². The lowest BCUT2D eigenvalue weighted by atomic mass is 9.81. The van der Waals surface area contributed by atoms with Crippen LogP contribution < -0.4 is 5.73 Å². The molecule has 1 saturated heterocycles. The fraction of sp³-hybridized carbons (Fsp3) is 0.538. The number of nitrogens with two attached hydrogens (primary N) is 1. The lowest BCUT2D eigenvalue weighted by Crippen LogP contribution is -2.53. The van der Waals surface area contributed by atoms with Crippen molar-refractivity contribution >= 4 is 21.6 Å². The molecular formula is C13H18ClFN2O2S. The zero-order chi connectivity index (χ0) is 15.1. The van der Waals surface area contributed by atoms with Crippen LogP contribution >= 0.6 is 11.6 Å². The van der Waals surface area contributed by atoms with E-state index in [1.54, 1.807) is 0 Å². The van der Waals surface area contributed by atoms with E-state index < -0.39 is 15.8 Å². The molecule has 0 bridgehead atoms. The molecule has 0 amide bonds. The summed E-state index contributed by atoms with van der Waals surface area (Å²) in [6.45, 7) is 4.38. The molecule has 0 spiro atoms. The van der Waals surface area contributed by atoms with Crippen LogP contribution in [0.15, 0.2) is 23.1 Å². The standard InChI is InChI=1S/C13H18ClFN2O2S/c1-13(2)8-17(6-5-12(13)16)20(18,19)11-7-9(14)3-4-10(11)15/h3-4,7,12H,5-6,8,16H2,1-2H3. The van der Waals surface area contributed by atoms with Gasteiger partial charge in [-0.15, -0.1) is 0 Å². The molecule has 1 fully saturated rings. The number of halogens is 2. The molecule has 4 nitrogen and oxygen atoms in total. The van der Waals surface area contributed by atoms with Crippen LogP contribution in [0.5, 0.6) is 0 Å². The first-order chi connectivity index (χ1) is 9.14. The molecule has 1 unspecified atom stereocenters. The second-order valence-corrected chi connectivity index (χ2v) is 8.14. The Balaban J connectivity index is 2.38. The minimum atomic E-state index is -3.89. The van der Waals surface area contributed by atoms with Crippen molar-refractivity contribution in [1.82, 2.24) is 4.31 Å². The number of hydrogen-bond acceptors (Lipinski definition) is 3. The molecule has 1 atom stereocenters. The molecule has 7 heteroatoms. The van der Waals surface area contributed by atoms with Crippen molar-refractivity contribution in [3.8, 4) is 0 Å². The summed E-state index contributed by atoms with van der Waals surface area (Å²) in [5.74, 6) is -0.790. The first-order valence-electron chi connectivity index (χ1n) is 6.35. The third kappa shape index (κ3) is 2.83. The second kappa shape index (κ2) is 5.26. The first kappa shape index (κ1) is 15.7. The molecule has 112 valence electrons. The third-order valence-corrected chi connectivity index (χ3v) is 5.88. The van der Waals surface area contributed by atoms with Gasteiger partial charge in [0, 0.05) is 24.2 Å². The van der Waals surface area contributed by atoms with E-state index >= 15 is 0 Å². The van der Waals surface area contributed by atoms with E-state index in [4.69, 9.17) is 17.3 Å². The minimum absolute atomic E-state index is 0.0711. The van der Waals surface area contributed by atoms with Gasteiger partial charge in [-0.1, -0.05) is 25.4 Å². The molecule has 1 aliphatic rings. The number of rotatable bonds is 2. The van der Waals surface area contributed by atoms with Crippen LogP contribution in [0, 0.1) is 11.2 Å². The van der Waals surface area contributed by atoms with E-state index in [9.17, 15) is 12.8 Å². The smallest absolute Gasteiger partial charge is 0.246 e. The van der Waals surface area contributed by atoms with Crippen molar-refractivity contribution in [2.45, 2.75) is 31.2 Å². The summed E-state index contributed by atoms with van der Waals surface area (Å²) in [7, 11) is -3.89. The van der Waals surface area contributed by atoms with Gasteiger partial charge in [0.15, 0.2) is 0 Å². The second-order valence-electron chi connectivity index (χ2n) is 5.80. The normalized spacial score (nSPS) is 23.8. The van der Waals surface area contributed by atoms with Crippen molar-refractivity contribution in [3.63, 3.8) is 0 Å². The molecular weight excluding hydrogens is 303 g/mol. The van der Waals surface area contributed by atoms with Crippen LogP contribution in [0.1, 0.15) is 20.3 Å². The predicted octanol–water partition coefficient (Wildman–Crippen LogP) is 2.23. The summed E-state index contributed by atoms with van der Waals surface area (Å²) in [5, 5.41) is 0.193. The van der Waals surface area contributed by atoms with Gasteiger partial charge in [0.25, 0.3) is 0 Å². The summed E-state index contributed by atoms with van der Waals surface area (Å²) in [5.41, 5.74) is 5.65. The largest absolute Gasteiger partial charge is 0.327 e. The lowest BCUT2D eigenvalue weighted by molar-refractivity contribution is 0.155. The molecule has 20 heavy (non-hydrogen) atoms. The lowest BCUT2D eigenvalue weighted by Gasteiger charge is -2.41. The van der Waals surface area contributed by atoms with Crippen molar-refractivity contribution in [3.05, 3.63) is 29.0 Å². The monoisotopic (exact) mass is 320 g/mol. The van der Waals surface area contributed by atoms with Gasteiger partial charge in [-0.05, 0) is 30.0 Å². The predicted molar refractivity (Wildman–Crippen MR) is 76.5 cm³/mol. The summed E-state index contributed by atoms with van der Waals surface area (Å²) in [6, 6.07) is 3.47. The Hall–Kier alpha value is -0.690. The molecule has 0 aromatic heterocycles. The molecule has 0 aliphatic carbocycles. The fourth-order valence-corrected chi connectivity index (χ4v) is 4.30.